The Bertz CT molecular complexity index is 751. The first-order valence-electron chi connectivity index (χ1n) is 5.05. The maximum absolute atomic E-state index is 12.0. The van der Waals surface area contributed by atoms with E-state index in [2.05, 4.69) is 0 Å². The van der Waals surface area contributed by atoms with Crippen LogP contribution in [0.5, 0.6) is 0 Å². The summed E-state index contributed by atoms with van der Waals surface area (Å²) in [5.41, 5.74) is 4.94. The summed E-state index contributed by atoms with van der Waals surface area (Å²) in [6.07, 6.45) is 2.32. The Balaban J connectivity index is 2.68. The summed E-state index contributed by atoms with van der Waals surface area (Å²) in [6, 6.07) is 8.33. The fourth-order valence-electron chi connectivity index (χ4n) is 1.51. The average molecular weight is 240 g/mol. The van der Waals surface area contributed by atoms with Crippen molar-refractivity contribution in [1.29, 1.82) is 5.26 Å². The van der Waals surface area contributed by atoms with Gasteiger partial charge in [0.1, 0.15) is 23.5 Å². The van der Waals surface area contributed by atoms with Crippen molar-refractivity contribution >= 4 is 23.0 Å². The lowest BCUT2D eigenvalue weighted by Gasteiger charge is -1.98. The Labute approximate surface area is 102 Å². The van der Waals surface area contributed by atoms with Crippen LogP contribution in [0.4, 0.5) is 0 Å². The highest BCUT2D eigenvalue weighted by Crippen LogP contribution is 2.12. The van der Waals surface area contributed by atoms with E-state index in [4.69, 9.17) is 15.4 Å². The molecule has 0 unspecified atom stereocenters. The normalized spacial score (nSPS) is 11.2. The van der Waals surface area contributed by atoms with Gasteiger partial charge in [-0.1, -0.05) is 12.1 Å². The quantitative estimate of drug-likeness (QED) is 0.629. The molecule has 2 rings (SSSR count). The van der Waals surface area contributed by atoms with Crippen LogP contribution in [0.1, 0.15) is 5.56 Å². The molecule has 0 bridgehead atoms. The van der Waals surface area contributed by atoms with E-state index in [1.54, 1.807) is 30.3 Å². The number of para-hydroxylation sites is 1. The summed E-state index contributed by atoms with van der Waals surface area (Å²) in [5.74, 6) is -0.884. The van der Waals surface area contributed by atoms with E-state index in [0.29, 0.717) is 11.0 Å². The smallest absolute Gasteiger partial charge is 0.259 e. The third kappa shape index (κ3) is 1.99. The van der Waals surface area contributed by atoms with E-state index >= 15 is 0 Å². The number of primary amides is 1. The van der Waals surface area contributed by atoms with E-state index in [1.165, 1.54) is 6.26 Å². The zero-order valence-electron chi connectivity index (χ0n) is 9.21. The van der Waals surface area contributed by atoms with Crippen LogP contribution in [-0.2, 0) is 4.79 Å². The molecule has 88 valence electrons. The lowest BCUT2D eigenvalue weighted by Crippen LogP contribution is -2.14. The van der Waals surface area contributed by atoms with Gasteiger partial charge in [-0.15, -0.1) is 0 Å². The second-order valence-electron chi connectivity index (χ2n) is 3.55. The monoisotopic (exact) mass is 240 g/mol. The van der Waals surface area contributed by atoms with Crippen molar-refractivity contribution in [1.82, 2.24) is 0 Å². The molecule has 1 amide bonds. The second-order valence-corrected chi connectivity index (χ2v) is 3.55. The molecule has 0 saturated heterocycles. The van der Waals surface area contributed by atoms with E-state index in [9.17, 15) is 9.59 Å². The van der Waals surface area contributed by atoms with Crippen LogP contribution < -0.4 is 11.2 Å². The number of carbonyl (C=O) groups excluding carboxylic acids is 1. The van der Waals surface area contributed by atoms with Gasteiger partial charge in [-0.05, 0) is 18.2 Å². The van der Waals surface area contributed by atoms with E-state index in [-0.39, 0.29) is 16.6 Å². The standard InChI is InChI=1S/C13H8N2O3/c14-6-8(13(15)17)5-9-7-18-11-4-2-1-3-10(11)12(9)16/h1-5,7H,(H2,15,17)/b8-5-. The van der Waals surface area contributed by atoms with Crippen LogP contribution in [0.2, 0.25) is 0 Å². The lowest BCUT2D eigenvalue weighted by atomic mass is 10.1. The molecule has 5 nitrogen and oxygen atoms in total. The Kier molecular flexibility index (Phi) is 2.94. The predicted molar refractivity (Wildman–Crippen MR) is 65.3 cm³/mol. The summed E-state index contributed by atoms with van der Waals surface area (Å²) < 4.78 is 5.24. The first kappa shape index (κ1) is 11.6. The number of fused-ring (bicyclic) bond motifs is 1. The van der Waals surface area contributed by atoms with Gasteiger partial charge in [-0.3, -0.25) is 9.59 Å². The van der Waals surface area contributed by atoms with Crippen LogP contribution in [-0.4, -0.2) is 5.91 Å². The Morgan fingerprint density at radius 3 is 2.78 bits per heavy atom. The number of hydrogen-bond acceptors (Lipinski definition) is 4. The summed E-state index contributed by atoms with van der Waals surface area (Å²) in [6.45, 7) is 0. The number of rotatable bonds is 2. The van der Waals surface area contributed by atoms with Crippen molar-refractivity contribution < 1.29 is 9.21 Å². The molecule has 0 saturated carbocycles. The Hall–Kier alpha value is -2.87. The number of benzene rings is 1. The Morgan fingerprint density at radius 2 is 2.11 bits per heavy atom. The Morgan fingerprint density at radius 1 is 1.39 bits per heavy atom. The number of nitrogens with two attached hydrogens (primary N) is 1. The van der Waals surface area contributed by atoms with Gasteiger partial charge in [0.05, 0.1) is 10.9 Å². The maximum atomic E-state index is 12.0. The van der Waals surface area contributed by atoms with Crippen molar-refractivity contribution in [3.8, 4) is 6.07 Å². The molecule has 18 heavy (non-hydrogen) atoms. The first-order valence-corrected chi connectivity index (χ1v) is 5.05. The molecule has 1 aromatic carbocycles. The number of hydrogen-bond donors (Lipinski definition) is 1. The highest BCUT2D eigenvalue weighted by molar-refractivity contribution is 6.00. The van der Waals surface area contributed by atoms with E-state index < -0.39 is 5.91 Å². The molecule has 0 aliphatic carbocycles. The van der Waals surface area contributed by atoms with Crippen LogP contribution in [0.25, 0.3) is 17.0 Å². The van der Waals surface area contributed by atoms with Crippen molar-refractivity contribution in [2.24, 2.45) is 5.73 Å². The van der Waals surface area contributed by atoms with Crippen molar-refractivity contribution in [3.05, 3.63) is 51.9 Å². The minimum atomic E-state index is -0.884. The summed E-state index contributed by atoms with van der Waals surface area (Å²) in [4.78, 5) is 22.9. The SMILES string of the molecule is N#C/C(=C/c1coc2ccccc2c1=O)C(N)=O. The molecule has 5 heteroatoms. The summed E-state index contributed by atoms with van der Waals surface area (Å²) in [7, 11) is 0. The van der Waals surface area contributed by atoms with Crippen molar-refractivity contribution in [2.75, 3.05) is 0 Å². The zero-order valence-corrected chi connectivity index (χ0v) is 9.21. The minimum Gasteiger partial charge on any atom is -0.463 e. The molecule has 1 heterocycles. The van der Waals surface area contributed by atoms with Gasteiger partial charge in [0, 0.05) is 0 Å². The third-order valence-corrected chi connectivity index (χ3v) is 2.39. The second kappa shape index (κ2) is 4.55. The molecule has 2 N–H and O–H groups in total. The lowest BCUT2D eigenvalue weighted by molar-refractivity contribution is -0.114. The summed E-state index contributed by atoms with van der Waals surface area (Å²) in [5, 5.41) is 9.09. The van der Waals surface area contributed by atoms with Gasteiger partial charge in [0.2, 0.25) is 0 Å². The van der Waals surface area contributed by atoms with Crippen LogP contribution in [0.3, 0.4) is 0 Å². The first-order chi connectivity index (χ1) is 8.63. The minimum absolute atomic E-state index is 0.115. The zero-order chi connectivity index (χ0) is 13.1. The summed E-state index contributed by atoms with van der Waals surface area (Å²) >= 11 is 0. The van der Waals surface area contributed by atoms with Crippen LogP contribution in [0.15, 0.2) is 45.3 Å². The fraction of sp³-hybridized carbons (Fsp3) is 0. The fourth-order valence-corrected chi connectivity index (χ4v) is 1.51. The molecule has 0 fully saturated rings. The van der Waals surface area contributed by atoms with E-state index in [1.807, 2.05) is 0 Å². The number of carbonyl (C=O) groups is 1. The topological polar surface area (TPSA) is 97.1 Å². The highest BCUT2D eigenvalue weighted by Gasteiger charge is 2.08. The third-order valence-electron chi connectivity index (χ3n) is 2.39. The van der Waals surface area contributed by atoms with Gasteiger partial charge in [0.15, 0.2) is 5.43 Å². The number of amides is 1. The van der Waals surface area contributed by atoms with Gasteiger partial charge in [-0.2, -0.15) is 5.26 Å². The molecule has 0 radical (unpaired) electrons. The van der Waals surface area contributed by atoms with Gasteiger partial charge < -0.3 is 10.2 Å². The molecule has 2 aromatic rings. The van der Waals surface area contributed by atoms with Crippen LogP contribution in [0, 0.1) is 11.3 Å². The molecule has 1 aromatic heterocycles. The number of nitrogens with zero attached hydrogens (tertiary/aromatic N) is 1. The molecule has 0 spiro atoms. The van der Waals surface area contributed by atoms with Gasteiger partial charge in [0.25, 0.3) is 5.91 Å². The van der Waals surface area contributed by atoms with Gasteiger partial charge in [-0.25, -0.2) is 0 Å². The van der Waals surface area contributed by atoms with Crippen molar-refractivity contribution in [3.63, 3.8) is 0 Å². The maximum Gasteiger partial charge on any atom is 0.259 e. The highest BCUT2D eigenvalue weighted by atomic mass is 16.3. The average Bonchev–Trinajstić information content (AvgIpc) is 2.38. The predicted octanol–water partition coefficient (Wildman–Crippen LogP) is 1.19. The molecular formula is C13H8N2O3. The molecule has 0 atom stereocenters. The van der Waals surface area contributed by atoms with Gasteiger partial charge >= 0.3 is 0 Å². The van der Waals surface area contributed by atoms with Crippen LogP contribution >= 0.6 is 0 Å². The van der Waals surface area contributed by atoms with Crippen molar-refractivity contribution in [2.45, 2.75) is 0 Å². The number of nitriles is 1. The molecule has 0 aliphatic heterocycles. The largest absolute Gasteiger partial charge is 0.463 e. The molecular weight excluding hydrogens is 232 g/mol. The van der Waals surface area contributed by atoms with E-state index in [0.717, 1.165) is 6.08 Å². The molecule has 0 aliphatic rings.